The molecule has 144 valence electrons. The van der Waals surface area contributed by atoms with Crippen molar-refractivity contribution in [1.29, 1.82) is 0 Å². The molecule has 27 heavy (non-hydrogen) atoms. The van der Waals surface area contributed by atoms with E-state index in [-0.39, 0.29) is 12.2 Å². The lowest BCUT2D eigenvalue weighted by molar-refractivity contribution is -0.0956. The summed E-state index contributed by atoms with van der Waals surface area (Å²) in [5.41, 5.74) is 2.93. The van der Waals surface area contributed by atoms with Crippen molar-refractivity contribution < 1.29 is 14.3 Å². The van der Waals surface area contributed by atoms with Gasteiger partial charge in [-0.1, -0.05) is 38.1 Å². The second kappa shape index (κ2) is 8.09. The number of rotatable bonds is 4. The van der Waals surface area contributed by atoms with Gasteiger partial charge < -0.3 is 14.4 Å². The van der Waals surface area contributed by atoms with Crippen molar-refractivity contribution in [3.05, 3.63) is 40.9 Å². The van der Waals surface area contributed by atoms with Crippen molar-refractivity contribution in [3.63, 3.8) is 0 Å². The molecule has 0 aliphatic carbocycles. The molecule has 3 heterocycles. The van der Waals surface area contributed by atoms with Crippen LogP contribution in [0.25, 0.3) is 10.6 Å². The number of piperidine rings is 1. The molecule has 5 nitrogen and oxygen atoms in total. The lowest BCUT2D eigenvalue weighted by Gasteiger charge is -2.33. The van der Waals surface area contributed by atoms with Crippen LogP contribution in [0.5, 0.6) is 0 Å². The molecule has 0 atom stereocenters. The molecule has 2 aromatic rings. The highest BCUT2D eigenvalue weighted by atomic mass is 32.1. The number of aromatic nitrogens is 1. The van der Waals surface area contributed by atoms with Crippen LogP contribution in [0.1, 0.15) is 48.7 Å². The summed E-state index contributed by atoms with van der Waals surface area (Å²) in [5, 5.41) is 2.78. The maximum Gasteiger partial charge on any atom is 0.273 e. The fraction of sp³-hybridized carbons (Fsp3) is 0.524. The van der Waals surface area contributed by atoms with Crippen molar-refractivity contribution in [2.75, 3.05) is 26.3 Å². The number of likely N-dealkylation sites (tertiary alicyclic amines) is 1. The summed E-state index contributed by atoms with van der Waals surface area (Å²) >= 11 is 1.53. The standard InChI is InChI=1S/C21H26N2O3S/c1-14(2)15-3-5-16(6-4-15)19-22-18(13-27-19)20(24)23-9-7-17(8-10-23)21-25-11-12-26-21/h3-6,13-14,17,21H,7-12H2,1-2H3. The van der Waals surface area contributed by atoms with E-state index < -0.39 is 0 Å². The van der Waals surface area contributed by atoms with Gasteiger partial charge in [0.05, 0.1) is 13.2 Å². The Morgan fingerprint density at radius 2 is 1.81 bits per heavy atom. The van der Waals surface area contributed by atoms with Crippen LogP contribution in [0, 0.1) is 5.92 Å². The van der Waals surface area contributed by atoms with Gasteiger partial charge in [-0.25, -0.2) is 4.98 Å². The van der Waals surface area contributed by atoms with Gasteiger partial charge in [0.1, 0.15) is 10.7 Å². The number of hydrogen-bond donors (Lipinski definition) is 0. The van der Waals surface area contributed by atoms with Crippen LogP contribution in [-0.4, -0.2) is 48.4 Å². The zero-order chi connectivity index (χ0) is 18.8. The summed E-state index contributed by atoms with van der Waals surface area (Å²) in [6, 6.07) is 8.46. The second-order valence-electron chi connectivity index (χ2n) is 7.55. The summed E-state index contributed by atoms with van der Waals surface area (Å²) in [4.78, 5) is 19.3. The van der Waals surface area contributed by atoms with E-state index >= 15 is 0 Å². The van der Waals surface area contributed by atoms with E-state index in [0.717, 1.165) is 36.5 Å². The van der Waals surface area contributed by atoms with Gasteiger partial charge in [-0.05, 0) is 24.3 Å². The number of benzene rings is 1. The van der Waals surface area contributed by atoms with Crippen molar-refractivity contribution in [2.24, 2.45) is 5.92 Å². The molecule has 2 fully saturated rings. The fourth-order valence-corrected chi connectivity index (χ4v) is 4.50. The van der Waals surface area contributed by atoms with Gasteiger partial charge >= 0.3 is 0 Å². The minimum Gasteiger partial charge on any atom is -0.350 e. The molecular formula is C21H26N2O3S. The fourth-order valence-electron chi connectivity index (χ4n) is 3.70. The van der Waals surface area contributed by atoms with E-state index in [1.165, 1.54) is 16.9 Å². The zero-order valence-corrected chi connectivity index (χ0v) is 16.7. The average molecular weight is 387 g/mol. The molecule has 2 aliphatic rings. The van der Waals surface area contributed by atoms with E-state index in [4.69, 9.17) is 9.47 Å². The van der Waals surface area contributed by atoms with Gasteiger partial charge in [-0.2, -0.15) is 0 Å². The highest BCUT2D eigenvalue weighted by Crippen LogP contribution is 2.29. The molecule has 0 radical (unpaired) electrons. The first kappa shape index (κ1) is 18.6. The van der Waals surface area contributed by atoms with Crippen molar-refractivity contribution in [1.82, 2.24) is 9.88 Å². The van der Waals surface area contributed by atoms with Gasteiger partial charge in [0, 0.05) is 30.0 Å². The number of hydrogen-bond acceptors (Lipinski definition) is 5. The lowest BCUT2D eigenvalue weighted by Crippen LogP contribution is -2.41. The molecule has 1 amide bonds. The summed E-state index contributed by atoms with van der Waals surface area (Å²) in [6.07, 6.45) is 1.76. The Bertz CT molecular complexity index is 773. The smallest absolute Gasteiger partial charge is 0.273 e. The normalized spacial score (nSPS) is 19.1. The highest BCUT2D eigenvalue weighted by Gasteiger charge is 2.32. The molecule has 0 saturated carbocycles. The van der Waals surface area contributed by atoms with Crippen LogP contribution in [0.4, 0.5) is 0 Å². The predicted octanol–water partition coefficient (Wildman–Crippen LogP) is 4.16. The van der Waals surface area contributed by atoms with E-state index in [1.807, 2.05) is 10.3 Å². The Kier molecular flexibility index (Phi) is 5.57. The Morgan fingerprint density at radius 1 is 1.15 bits per heavy atom. The monoisotopic (exact) mass is 386 g/mol. The maximum atomic E-state index is 12.8. The van der Waals surface area contributed by atoms with Crippen molar-refractivity contribution in [2.45, 2.75) is 38.9 Å². The molecule has 0 bridgehead atoms. The molecule has 0 N–H and O–H groups in total. The molecule has 0 unspecified atom stereocenters. The number of nitrogens with zero attached hydrogens (tertiary/aromatic N) is 2. The third-order valence-electron chi connectivity index (χ3n) is 5.41. The molecule has 4 rings (SSSR count). The summed E-state index contributed by atoms with van der Waals surface area (Å²) in [7, 11) is 0. The SMILES string of the molecule is CC(C)c1ccc(-c2nc(C(=O)N3CCC(C4OCCO4)CC3)cs2)cc1. The van der Waals surface area contributed by atoms with E-state index in [0.29, 0.717) is 30.7 Å². The first-order valence-electron chi connectivity index (χ1n) is 9.70. The van der Waals surface area contributed by atoms with Crippen LogP contribution in [-0.2, 0) is 9.47 Å². The van der Waals surface area contributed by atoms with E-state index in [9.17, 15) is 4.79 Å². The molecule has 0 spiro atoms. The van der Waals surface area contributed by atoms with Crippen LogP contribution in [0.2, 0.25) is 0 Å². The highest BCUT2D eigenvalue weighted by molar-refractivity contribution is 7.13. The van der Waals surface area contributed by atoms with Crippen molar-refractivity contribution >= 4 is 17.2 Å². The van der Waals surface area contributed by atoms with Crippen LogP contribution in [0.3, 0.4) is 0 Å². The number of amides is 1. The quantitative estimate of drug-likeness (QED) is 0.792. The first-order chi connectivity index (χ1) is 13.1. The predicted molar refractivity (Wildman–Crippen MR) is 106 cm³/mol. The topological polar surface area (TPSA) is 51.7 Å². The molecule has 2 aliphatic heterocycles. The molecule has 1 aromatic heterocycles. The van der Waals surface area contributed by atoms with Crippen LogP contribution in [0.15, 0.2) is 29.6 Å². The van der Waals surface area contributed by atoms with Crippen molar-refractivity contribution in [3.8, 4) is 10.6 Å². The maximum absolute atomic E-state index is 12.8. The number of thiazole rings is 1. The van der Waals surface area contributed by atoms with E-state index in [1.54, 1.807) is 0 Å². The molecular weight excluding hydrogens is 360 g/mol. The summed E-state index contributed by atoms with van der Waals surface area (Å²) in [5.74, 6) is 0.931. The molecule has 2 saturated heterocycles. The van der Waals surface area contributed by atoms with Gasteiger partial charge in [0.2, 0.25) is 0 Å². The minimum atomic E-state index is -0.0815. The average Bonchev–Trinajstić information content (AvgIpc) is 3.40. The lowest BCUT2D eigenvalue weighted by atomic mass is 9.96. The van der Waals surface area contributed by atoms with Crippen LogP contribution >= 0.6 is 11.3 Å². The summed E-state index contributed by atoms with van der Waals surface area (Å²) < 4.78 is 11.2. The van der Waals surface area contributed by atoms with Gasteiger partial charge in [-0.3, -0.25) is 4.79 Å². The third-order valence-corrected chi connectivity index (χ3v) is 6.30. The molecule has 6 heteroatoms. The zero-order valence-electron chi connectivity index (χ0n) is 15.9. The van der Waals surface area contributed by atoms with E-state index in [2.05, 4.69) is 43.1 Å². The Morgan fingerprint density at radius 3 is 2.44 bits per heavy atom. The largest absolute Gasteiger partial charge is 0.350 e. The third kappa shape index (κ3) is 4.08. The number of carbonyl (C=O) groups is 1. The van der Waals surface area contributed by atoms with Gasteiger partial charge in [0.15, 0.2) is 6.29 Å². The van der Waals surface area contributed by atoms with Gasteiger partial charge in [-0.15, -0.1) is 11.3 Å². The first-order valence-corrected chi connectivity index (χ1v) is 10.6. The molecule has 1 aromatic carbocycles. The Labute approximate surface area is 164 Å². The summed E-state index contributed by atoms with van der Waals surface area (Å²) in [6.45, 7) is 7.21. The number of ether oxygens (including phenoxy) is 2. The Balaban J connectivity index is 1.38. The van der Waals surface area contributed by atoms with Gasteiger partial charge in [0.25, 0.3) is 5.91 Å². The minimum absolute atomic E-state index is 0.0306. The second-order valence-corrected chi connectivity index (χ2v) is 8.41. The van der Waals surface area contributed by atoms with Crippen LogP contribution < -0.4 is 0 Å². The number of carbonyl (C=O) groups excluding carboxylic acids is 1. The Hall–Kier alpha value is -1.76.